The molecule has 0 aliphatic carbocycles. The SMILES string of the molecule is [C-]#[N+]C(Cc1ccc(C=C)cc1)(Cc1ccc(C=C)cc1)C(=O)OCC. The Labute approximate surface area is 155 Å². The van der Waals surface area contributed by atoms with Crippen molar-refractivity contribution in [3.8, 4) is 0 Å². The number of hydrogen-bond donors (Lipinski definition) is 0. The van der Waals surface area contributed by atoms with E-state index in [1.54, 1.807) is 19.1 Å². The molecule has 0 heterocycles. The fourth-order valence-electron chi connectivity index (χ4n) is 2.82. The molecule has 0 aliphatic heterocycles. The number of carbonyl (C=O) groups excluding carboxylic acids is 1. The van der Waals surface area contributed by atoms with Gasteiger partial charge in [-0.3, -0.25) is 4.85 Å². The molecule has 0 fully saturated rings. The molecule has 0 unspecified atom stereocenters. The van der Waals surface area contributed by atoms with Crippen molar-refractivity contribution in [2.45, 2.75) is 25.3 Å². The van der Waals surface area contributed by atoms with E-state index in [2.05, 4.69) is 18.0 Å². The summed E-state index contributed by atoms with van der Waals surface area (Å²) in [4.78, 5) is 16.4. The largest absolute Gasteiger partial charge is 0.460 e. The lowest BCUT2D eigenvalue weighted by Crippen LogP contribution is -2.41. The van der Waals surface area contributed by atoms with Crippen LogP contribution in [0.3, 0.4) is 0 Å². The molecule has 0 saturated heterocycles. The fourth-order valence-corrected chi connectivity index (χ4v) is 2.82. The zero-order chi connectivity index (χ0) is 19.0. The first kappa shape index (κ1) is 19.2. The van der Waals surface area contributed by atoms with Crippen molar-refractivity contribution in [1.82, 2.24) is 0 Å². The molecular formula is C23H23NO2. The van der Waals surface area contributed by atoms with Gasteiger partial charge in [0.2, 0.25) is 0 Å². The van der Waals surface area contributed by atoms with Crippen LogP contribution in [-0.4, -0.2) is 18.1 Å². The van der Waals surface area contributed by atoms with Gasteiger partial charge in [0.05, 0.1) is 19.4 Å². The third kappa shape index (κ3) is 4.49. The molecule has 132 valence electrons. The van der Waals surface area contributed by atoms with Crippen LogP contribution in [-0.2, 0) is 22.4 Å². The molecule has 0 bridgehead atoms. The summed E-state index contributed by atoms with van der Waals surface area (Å²) in [5.74, 6) is -0.476. The highest BCUT2D eigenvalue weighted by molar-refractivity contribution is 5.84. The minimum atomic E-state index is -1.28. The molecule has 2 aromatic rings. The van der Waals surface area contributed by atoms with Crippen LogP contribution in [0.1, 0.15) is 29.2 Å². The second-order valence-electron chi connectivity index (χ2n) is 6.11. The molecule has 0 aliphatic rings. The number of nitrogens with zero attached hydrogens (tertiary/aromatic N) is 1. The van der Waals surface area contributed by atoms with E-state index < -0.39 is 11.5 Å². The number of esters is 1. The molecule has 2 aromatic carbocycles. The lowest BCUT2D eigenvalue weighted by molar-refractivity contribution is -0.147. The molecule has 0 amide bonds. The van der Waals surface area contributed by atoms with E-state index in [9.17, 15) is 4.79 Å². The Kier molecular flexibility index (Phi) is 6.52. The quantitative estimate of drug-likeness (QED) is 0.499. The summed E-state index contributed by atoms with van der Waals surface area (Å²) >= 11 is 0. The molecule has 0 aromatic heterocycles. The molecule has 0 N–H and O–H groups in total. The number of hydrogen-bond acceptors (Lipinski definition) is 2. The van der Waals surface area contributed by atoms with Crippen LogP contribution in [0.2, 0.25) is 0 Å². The Morgan fingerprint density at radius 1 is 1.00 bits per heavy atom. The van der Waals surface area contributed by atoms with E-state index >= 15 is 0 Å². The number of carbonyl (C=O) groups is 1. The predicted molar refractivity (Wildman–Crippen MR) is 106 cm³/mol. The number of ether oxygens (including phenoxy) is 1. The van der Waals surface area contributed by atoms with E-state index in [-0.39, 0.29) is 6.61 Å². The monoisotopic (exact) mass is 345 g/mol. The highest BCUT2D eigenvalue weighted by Crippen LogP contribution is 2.26. The van der Waals surface area contributed by atoms with Crippen LogP contribution in [0.4, 0.5) is 0 Å². The summed E-state index contributed by atoms with van der Waals surface area (Å²) in [7, 11) is 0. The maximum Gasteiger partial charge on any atom is 0.394 e. The van der Waals surface area contributed by atoms with Gasteiger partial charge in [-0.25, -0.2) is 11.4 Å². The highest BCUT2D eigenvalue weighted by atomic mass is 16.5. The van der Waals surface area contributed by atoms with Crippen molar-refractivity contribution in [1.29, 1.82) is 0 Å². The average molecular weight is 345 g/mol. The Bertz CT molecular complexity index is 757. The van der Waals surface area contributed by atoms with Crippen molar-refractivity contribution in [2.24, 2.45) is 0 Å². The molecule has 3 heteroatoms. The van der Waals surface area contributed by atoms with E-state index in [1.165, 1.54) is 0 Å². The van der Waals surface area contributed by atoms with Gasteiger partial charge in [0.1, 0.15) is 0 Å². The van der Waals surface area contributed by atoms with Crippen molar-refractivity contribution >= 4 is 18.1 Å². The normalized spacial score (nSPS) is 10.6. The summed E-state index contributed by atoms with van der Waals surface area (Å²) in [6, 6.07) is 15.4. The van der Waals surface area contributed by atoms with Gasteiger partial charge in [-0.05, 0) is 29.2 Å². The second-order valence-corrected chi connectivity index (χ2v) is 6.11. The average Bonchev–Trinajstić information content (AvgIpc) is 2.68. The van der Waals surface area contributed by atoms with Gasteiger partial charge in [-0.2, -0.15) is 0 Å². The fraction of sp³-hybridized carbons (Fsp3) is 0.217. The Balaban J connectivity index is 2.35. The van der Waals surface area contributed by atoms with Gasteiger partial charge in [-0.15, -0.1) is 0 Å². The van der Waals surface area contributed by atoms with Gasteiger partial charge in [0.25, 0.3) is 0 Å². The van der Waals surface area contributed by atoms with Gasteiger partial charge in [0.15, 0.2) is 0 Å². The van der Waals surface area contributed by atoms with Crippen LogP contribution < -0.4 is 0 Å². The maximum atomic E-state index is 12.7. The van der Waals surface area contributed by atoms with Crippen molar-refractivity contribution in [2.75, 3.05) is 6.61 Å². The Hall–Kier alpha value is -3.12. The zero-order valence-corrected chi connectivity index (χ0v) is 15.1. The number of rotatable bonds is 8. The van der Waals surface area contributed by atoms with Crippen LogP contribution in [0.15, 0.2) is 61.7 Å². The highest BCUT2D eigenvalue weighted by Gasteiger charge is 2.47. The third-order valence-electron chi connectivity index (χ3n) is 4.29. The molecule has 26 heavy (non-hydrogen) atoms. The van der Waals surface area contributed by atoms with Crippen LogP contribution in [0, 0.1) is 6.57 Å². The standard InChI is InChI=1S/C23H23NO2/c1-5-18-8-12-20(13-9-18)16-23(24-4,22(25)26-7-3)17-21-14-10-19(6-2)11-15-21/h5-6,8-15H,1-2,7,16-17H2,3H3. The van der Waals surface area contributed by atoms with Crippen LogP contribution >= 0.6 is 0 Å². The van der Waals surface area contributed by atoms with Gasteiger partial charge in [-0.1, -0.05) is 73.8 Å². The maximum absolute atomic E-state index is 12.7. The molecule has 0 radical (unpaired) electrons. The minimum absolute atomic E-state index is 0.251. The predicted octanol–water partition coefficient (Wildman–Crippen LogP) is 4.98. The Morgan fingerprint density at radius 2 is 1.42 bits per heavy atom. The Morgan fingerprint density at radius 3 is 1.73 bits per heavy atom. The smallest absolute Gasteiger partial charge is 0.394 e. The summed E-state index contributed by atoms with van der Waals surface area (Å²) in [5, 5.41) is 0. The first-order valence-corrected chi connectivity index (χ1v) is 8.55. The van der Waals surface area contributed by atoms with E-state index in [0.29, 0.717) is 12.8 Å². The summed E-state index contributed by atoms with van der Waals surface area (Å²) in [6.07, 6.45) is 4.13. The van der Waals surface area contributed by atoms with Gasteiger partial charge < -0.3 is 4.74 Å². The first-order valence-electron chi connectivity index (χ1n) is 8.55. The first-order chi connectivity index (χ1) is 12.6. The molecule has 3 nitrogen and oxygen atoms in total. The summed E-state index contributed by atoms with van der Waals surface area (Å²) in [5.41, 5.74) is 2.56. The molecule has 0 saturated carbocycles. The minimum Gasteiger partial charge on any atom is -0.460 e. The molecule has 0 spiro atoms. The second kappa shape index (κ2) is 8.82. The zero-order valence-electron chi connectivity index (χ0n) is 15.1. The topological polar surface area (TPSA) is 30.7 Å². The van der Waals surface area contributed by atoms with Crippen molar-refractivity contribution in [3.05, 3.63) is 95.4 Å². The van der Waals surface area contributed by atoms with Gasteiger partial charge >= 0.3 is 11.5 Å². The molecule has 0 atom stereocenters. The number of benzene rings is 2. The van der Waals surface area contributed by atoms with E-state index in [0.717, 1.165) is 22.3 Å². The van der Waals surface area contributed by atoms with Crippen molar-refractivity contribution in [3.63, 3.8) is 0 Å². The third-order valence-corrected chi connectivity index (χ3v) is 4.29. The molecule has 2 rings (SSSR count). The van der Waals surface area contributed by atoms with Gasteiger partial charge in [0, 0.05) is 0 Å². The van der Waals surface area contributed by atoms with E-state index in [4.69, 9.17) is 11.3 Å². The van der Waals surface area contributed by atoms with Crippen LogP contribution in [0.25, 0.3) is 17.0 Å². The van der Waals surface area contributed by atoms with Crippen LogP contribution in [0.5, 0.6) is 0 Å². The summed E-state index contributed by atoms with van der Waals surface area (Å²) in [6.45, 7) is 17.3. The van der Waals surface area contributed by atoms with Crippen molar-refractivity contribution < 1.29 is 9.53 Å². The van der Waals surface area contributed by atoms with E-state index in [1.807, 2.05) is 48.5 Å². The lowest BCUT2D eigenvalue weighted by Gasteiger charge is -2.20. The molecular weight excluding hydrogens is 322 g/mol. The summed E-state index contributed by atoms with van der Waals surface area (Å²) < 4.78 is 5.25. The lowest BCUT2D eigenvalue weighted by atomic mass is 9.85.